The Morgan fingerprint density at radius 3 is 2.62 bits per heavy atom. The molecule has 170 valence electrons. The number of fused-ring (bicyclic) bond motifs is 2. The van der Waals surface area contributed by atoms with Crippen LogP contribution in [-0.2, 0) is 0 Å². The number of para-hydroxylation sites is 2. The number of ether oxygens (including phenoxy) is 1. The summed E-state index contributed by atoms with van der Waals surface area (Å²) in [6, 6.07) is 16.8. The first-order chi connectivity index (χ1) is 16.6. The van der Waals surface area contributed by atoms with Crippen LogP contribution < -0.4 is 14.5 Å². The van der Waals surface area contributed by atoms with E-state index in [9.17, 15) is 14.7 Å². The van der Waals surface area contributed by atoms with Crippen LogP contribution in [0, 0.1) is 0 Å². The van der Waals surface area contributed by atoms with Gasteiger partial charge in [0.15, 0.2) is 0 Å². The molecule has 1 fully saturated rings. The molecule has 0 bridgehead atoms. The van der Waals surface area contributed by atoms with Crippen molar-refractivity contribution in [1.29, 1.82) is 0 Å². The molecule has 2 aromatic heterocycles. The van der Waals surface area contributed by atoms with Crippen LogP contribution in [0.25, 0.3) is 11.0 Å². The van der Waals surface area contributed by atoms with E-state index < -0.39 is 5.97 Å². The first kappa shape index (κ1) is 20.3. The van der Waals surface area contributed by atoms with Gasteiger partial charge in [-0.1, -0.05) is 12.1 Å². The second-order valence-electron chi connectivity index (χ2n) is 8.44. The third-order valence-electron chi connectivity index (χ3n) is 6.27. The molecule has 6 rings (SSSR count). The molecule has 0 spiro atoms. The number of carboxylic acid groups (broad SMARTS) is 1. The summed E-state index contributed by atoms with van der Waals surface area (Å²) in [7, 11) is 0. The van der Waals surface area contributed by atoms with Crippen molar-refractivity contribution in [3.05, 3.63) is 78.2 Å². The number of furan rings is 1. The summed E-state index contributed by atoms with van der Waals surface area (Å²) in [5.41, 5.74) is 2.77. The third-order valence-corrected chi connectivity index (χ3v) is 6.27. The Labute approximate surface area is 195 Å². The van der Waals surface area contributed by atoms with Crippen molar-refractivity contribution in [2.24, 2.45) is 0 Å². The van der Waals surface area contributed by atoms with Gasteiger partial charge in [0.2, 0.25) is 5.88 Å². The van der Waals surface area contributed by atoms with E-state index in [1.54, 1.807) is 41.4 Å². The van der Waals surface area contributed by atoms with Gasteiger partial charge in [-0.3, -0.25) is 4.79 Å². The minimum atomic E-state index is -1.09. The van der Waals surface area contributed by atoms with Gasteiger partial charge in [-0.05, 0) is 55.3 Å². The van der Waals surface area contributed by atoms with E-state index in [1.807, 2.05) is 18.2 Å². The molecule has 8 nitrogen and oxygen atoms in total. The molecular weight excluding hydrogens is 434 g/mol. The third kappa shape index (κ3) is 3.44. The number of benzene rings is 2. The van der Waals surface area contributed by atoms with Crippen molar-refractivity contribution in [2.45, 2.75) is 18.9 Å². The van der Waals surface area contributed by atoms with E-state index in [1.165, 1.54) is 19.1 Å². The lowest BCUT2D eigenvalue weighted by Gasteiger charge is -2.38. The monoisotopic (exact) mass is 455 g/mol. The van der Waals surface area contributed by atoms with Crippen molar-refractivity contribution in [3.8, 4) is 11.6 Å². The zero-order valence-electron chi connectivity index (χ0n) is 18.2. The first-order valence-corrected chi connectivity index (χ1v) is 11.1. The van der Waals surface area contributed by atoms with E-state index in [-0.39, 0.29) is 17.4 Å². The van der Waals surface area contributed by atoms with Crippen molar-refractivity contribution < 1.29 is 23.8 Å². The molecule has 0 radical (unpaired) electrons. The summed E-state index contributed by atoms with van der Waals surface area (Å²) < 4.78 is 11.3. The minimum absolute atomic E-state index is 0.0444. The number of carbonyl (C=O) groups is 2. The van der Waals surface area contributed by atoms with E-state index in [4.69, 9.17) is 9.15 Å². The first-order valence-electron chi connectivity index (χ1n) is 11.1. The molecule has 2 aromatic carbocycles. The summed E-state index contributed by atoms with van der Waals surface area (Å²) in [5, 5.41) is 9.80. The number of hydrogen-bond donors (Lipinski definition) is 1. The fourth-order valence-corrected chi connectivity index (χ4v) is 4.49. The van der Waals surface area contributed by atoms with Gasteiger partial charge in [0.25, 0.3) is 5.91 Å². The van der Waals surface area contributed by atoms with Crippen LogP contribution in [0.3, 0.4) is 0 Å². The molecule has 1 aliphatic heterocycles. The molecule has 0 atom stereocenters. The van der Waals surface area contributed by atoms with Crippen LogP contribution >= 0.6 is 0 Å². The van der Waals surface area contributed by atoms with Crippen LogP contribution in [0.5, 0.6) is 11.6 Å². The van der Waals surface area contributed by atoms with Gasteiger partial charge in [-0.15, -0.1) is 0 Å². The number of carboxylic acids is 1. The number of hydrogen-bond acceptors (Lipinski definition) is 6. The molecule has 34 heavy (non-hydrogen) atoms. The lowest BCUT2D eigenvalue weighted by molar-refractivity contribution is 0.0697. The van der Waals surface area contributed by atoms with Crippen LogP contribution in [0.4, 0.5) is 11.4 Å². The fourth-order valence-electron chi connectivity index (χ4n) is 4.49. The number of pyridine rings is 1. The van der Waals surface area contributed by atoms with E-state index in [0.717, 1.165) is 17.9 Å². The van der Waals surface area contributed by atoms with Crippen molar-refractivity contribution in [1.82, 2.24) is 4.98 Å². The van der Waals surface area contributed by atoms with Crippen LogP contribution in [-0.4, -0.2) is 41.1 Å². The number of amides is 1. The summed E-state index contributed by atoms with van der Waals surface area (Å²) in [6.07, 6.45) is 5.14. The largest absolute Gasteiger partial charge is 0.478 e. The molecule has 1 amide bonds. The number of nitrogens with zero attached hydrogens (tertiary/aromatic N) is 3. The Morgan fingerprint density at radius 1 is 1.00 bits per heavy atom. The summed E-state index contributed by atoms with van der Waals surface area (Å²) in [6.45, 7) is 1.35. The molecule has 4 aromatic rings. The highest BCUT2D eigenvalue weighted by molar-refractivity contribution is 6.09. The van der Waals surface area contributed by atoms with E-state index in [0.29, 0.717) is 34.9 Å². The highest BCUT2D eigenvalue weighted by Crippen LogP contribution is 2.40. The second kappa shape index (κ2) is 7.91. The lowest BCUT2D eigenvalue weighted by Crippen LogP contribution is -2.45. The average Bonchev–Trinajstić information content (AvgIpc) is 3.61. The van der Waals surface area contributed by atoms with E-state index >= 15 is 0 Å². The summed E-state index contributed by atoms with van der Waals surface area (Å²) >= 11 is 0. The van der Waals surface area contributed by atoms with Crippen molar-refractivity contribution in [3.63, 3.8) is 0 Å². The van der Waals surface area contributed by atoms with Gasteiger partial charge in [-0.2, -0.15) is 0 Å². The normalized spacial score (nSPS) is 15.3. The van der Waals surface area contributed by atoms with Gasteiger partial charge in [-0.25, -0.2) is 9.78 Å². The number of carbonyl (C=O) groups excluding carboxylic acids is 1. The summed E-state index contributed by atoms with van der Waals surface area (Å²) in [5.74, 6) is -0.757. The predicted molar refractivity (Wildman–Crippen MR) is 126 cm³/mol. The quantitative estimate of drug-likeness (QED) is 0.455. The molecule has 1 N–H and O–H groups in total. The van der Waals surface area contributed by atoms with Crippen molar-refractivity contribution >= 4 is 34.2 Å². The topological polar surface area (TPSA) is 96.1 Å². The van der Waals surface area contributed by atoms with Crippen LogP contribution in [0.2, 0.25) is 0 Å². The zero-order chi connectivity index (χ0) is 23.2. The van der Waals surface area contributed by atoms with Gasteiger partial charge >= 0.3 is 5.97 Å². The Bertz CT molecular complexity index is 1420. The Balaban J connectivity index is 1.33. The van der Waals surface area contributed by atoms with Gasteiger partial charge in [0, 0.05) is 30.7 Å². The minimum Gasteiger partial charge on any atom is -0.478 e. The SMILES string of the molecule is O=C(O)c1coc2ccc(Oc3ncccc3C(=O)N3CCN(C4CC4)c4ccccc43)cc12. The molecule has 3 heterocycles. The fraction of sp³-hybridized carbons (Fsp3) is 0.192. The molecule has 1 saturated carbocycles. The van der Waals surface area contributed by atoms with Crippen molar-refractivity contribution in [2.75, 3.05) is 22.9 Å². The Morgan fingerprint density at radius 2 is 1.82 bits per heavy atom. The zero-order valence-corrected chi connectivity index (χ0v) is 18.2. The standard InChI is InChI=1S/C26H21N3O5/c30-25(29-13-12-28(16-7-8-16)21-5-1-2-6-22(21)29)18-4-3-11-27-24(18)34-17-9-10-23-19(14-17)20(15-33-23)26(31)32/h1-6,9-11,14-16H,7-8,12-13H2,(H,31,32). The second-order valence-corrected chi connectivity index (χ2v) is 8.44. The molecule has 2 aliphatic rings. The highest BCUT2D eigenvalue weighted by atomic mass is 16.5. The maximum atomic E-state index is 13.7. The van der Waals surface area contributed by atoms with Crippen LogP contribution in [0.1, 0.15) is 33.6 Å². The number of aromatic carboxylic acids is 1. The number of anilines is 2. The molecule has 0 unspecified atom stereocenters. The Hall–Kier alpha value is -4.33. The van der Waals surface area contributed by atoms with E-state index in [2.05, 4.69) is 16.0 Å². The van der Waals surface area contributed by atoms with Gasteiger partial charge in [0.1, 0.15) is 28.7 Å². The van der Waals surface area contributed by atoms with Gasteiger partial charge in [0.05, 0.1) is 11.4 Å². The van der Waals surface area contributed by atoms with Crippen LogP contribution in [0.15, 0.2) is 71.5 Å². The highest BCUT2D eigenvalue weighted by Gasteiger charge is 2.36. The average molecular weight is 455 g/mol. The summed E-state index contributed by atoms with van der Waals surface area (Å²) in [4.78, 5) is 33.6. The maximum absolute atomic E-state index is 13.7. The molecule has 0 saturated heterocycles. The lowest BCUT2D eigenvalue weighted by atomic mass is 10.1. The maximum Gasteiger partial charge on any atom is 0.339 e. The number of rotatable bonds is 5. The Kier molecular flexibility index (Phi) is 4.72. The predicted octanol–water partition coefficient (Wildman–Crippen LogP) is 4.95. The smallest absolute Gasteiger partial charge is 0.339 e. The number of aromatic nitrogens is 1. The molecular formula is C26H21N3O5. The van der Waals surface area contributed by atoms with Gasteiger partial charge < -0.3 is 24.1 Å². The molecule has 8 heteroatoms. The molecule has 1 aliphatic carbocycles.